The predicted molar refractivity (Wildman–Crippen MR) is 115 cm³/mol. The largest absolute Gasteiger partial charge is 0.309 e. The van der Waals surface area contributed by atoms with Gasteiger partial charge in [-0.1, -0.05) is 12.1 Å². The van der Waals surface area contributed by atoms with Crippen LogP contribution in [0.15, 0.2) is 47.4 Å². The van der Waals surface area contributed by atoms with Crippen molar-refractivity contribution in [2.75, 3.05) is 9.62 Å². The van der Waals surface area contributed by atoms with E-state index in [1.807, 2.05) is 6.92 Å². The molecule has 0 spiro atoms. The SMILES string of the molecule is CC(=O)N1c2ccc(S(=O)(=O)Nc3ccc(CN4C(=O)CCC4=O)cc3)cc2CC1C. The molecule has 1 unspecified atom stereocenters. The van der Waals surface area contributed by atoms with Gasteiger partial charge in [-0.05, 0) is 54.8 Å². The Hall–Kier alpha value is -3.20. The van der Waals surface area contributed by atoms with Crippen LogP contribution in [0, 0.1) is 0 Å². The highest BCUT2D eigenvalue weighted by atomic mass is 32.2. The van der Waals surface area contributed by atoms with E-state index in [1.54, 1.807) is 41.3 Å². The smallest absolute Gasteiger partial charge is 0.261 e. The molecule has 0 bridgehead atoms. The van der Waals surface area contributed by atoms with Gasteiger partial charge in [0, 0.05) is 37.2 Å². The van der Waals surface area contributed by atoms with Crippen LogP contribution in [0.1, 0.15) is 37.8 Å². The number of nitrogens with zero attached hydrogens (tertiary/aromatic N) is 2. The van der Waals surface area contributed by atoms with Crippen LogP contribution in [0.4, 0.5) is 11.4 Å². The second-order valence-corrected chi connectivity index (χ2v) is 9.59. The van der Waals surface area contributed by atoms with Crippen molar-refractivity contribution in [3.05, 3.63) is 53.6 Å². The molecule has 0 aliphatic carbocycles. The van der Waals surface area contributed by atoms with E-state index in [0.29, 0.717) is 12.1 Å². The van der Waals surface area contributed by atoms with Gasteiger partial charge in [0.1, 0.15) is 0 Å². The van der Waals surface area contributed by atoms with Crippen LogP contribution in [0.25, 0.3) is 0 Å². The molecule has 0 aromatic heterocycles. The quantitative estimate of drug-likeness (QED) is 0.718. The Morgan fingerprint density at radius 1 is 1.06 bits per heavy atom. The summed E-state index contributed by atoms with van der Waals surface area (Å²) in [5, 5.41) is 0. The lowest BCUT2D eigenvalue weighted by Gasteiger charge is -2.20. The third-order valence-corrected chi connectivity index (χ3v) is 7.00. The van der Waals surface area contributed by atoms with Crippen molar-refractivity contribution in [1.82, 2.24) is 4.90 Å². The standard InChI is InChI=1S/C22H23N3O5S/c1-14-11-17-12-19(7-8-20(17)25(14)15(2)26)31(29,30)23-18-5-3-16(4-6-18)13-24-21(27)9-10-22(24)28/h3-8,12,14,23H,9-11,13H2,1-2H3. The third-order valence-electron chi connectivity index (χ3n) is 5.62. The molecule has 4 rings (SSSR count). The summed E-state index contributed by atoms with van der Waals surface area (Å²) in [7, 11) is -3.81. The molecule has 0 radical (unpaired) electrons. The molecule has 1 saturated heterocycles. The number of benzene rings is 2. The first-order valence-corrected chi connectivity index (χ1v) is 11.5. The molecule has 1 fully saturated rings. The Labute approximate surface area is 180 Å². The molecule has 1 atom stereocenters. The number of rotatable bonds is 5. The van der Waals surface area contributed by atoms with Crippen molar-refractivity contribution in [1.29, 1.82) is 0 Å². The van der Waals surface area contributed by atoms with Gasteiger partial charge in [-0.25, -0.2) is 8.42 Å². The van der Waals surface area contributed by atoms with Crippen LogP contribution in [0.5, 0.6) is 0 Å². The molecule has 2 aliphatic rings. The van der Waals surface area contributed by atoms with Gasteiger partial charge in [-0.15, -0.1) is 0 Å². The Morgan fingerprint density at radius 3 is 2.32 bits per heavy atom. The van der Waals surface area contributed by atoms with Gasteiger partial charge in [0.15, 0.2) is 0 Å². The maximum absolute atomic E-state index is 12.9. The third kappa shape index (κ3) is 4.05. The number of likely N-dealkylation sites (tertiary alicyclic amines) is 1. The zero-order valence-electron chi connectivity index (χ0n) is 17.3. The van der Waals surface area contributed by atoms with Gasteiger partial charge < -0.3 is 4.90 Å². The highest BCUT2D eigenvalue weighted by Gasteiger charge is 2.31. The molecule has 0 saturated carbocycles. The fourth-order valence-corrected chi connectivity index (χ4v) is 5.24. The number of sulfonamides is 1. The van der Waals surface area contributed by atoms with Crippen molar-refractivity contribution in [2.45, 2.75) is 50.6 Å². The molecule has 2 aliphatic heterocycles. The molecular weight excluding hydrogens is 418 g/mol. The maximum Gasteiger partial charge on any atom is 0.261 e. The number of amides is 3. The van der Waals surface area contributed by atoms with Gasteiger partial charge in [0.05, 0.1) is 11.4 Å². The fourth-order valence-electron chi connectivity index (χ4n) is 4.13. The van der Waals surface area contributed by atoms with Crippen molar-refractivity contribution < 1.29 is 22.8 Å². The Morgan fingerprint density at radius 2 is 1.71 bits per heavy atom. The molecule has 2 aromatic rings. The van der Waals surface area contributed by atoms with Crippen molar-refractivity contribution >= 4 is 39.1 Å². The van der Waals surface area contributed by atoms with E-state index in [-0.39, 0.29) is 48.0 Å². The lowest BCUT2D eigenvalue weighted by atomic mass is 10.1. The molecular formula is C22H23N3O5S. The van der Waals surface area contributed by atoms with Crippen LogP contribution in [-0.2, 0) is 37.4 Å². The lowest BCUT2D eigenvalue weighted by molar-refractivity contribution is -0.139. The highest BCUT2D eigenvalue weighted by Crippen LogP contribution is 2.34. The van der Waals surface area contributed by atoms with Gasteiger partial charge in [0.2, 0.25) is 17.7 Å². The summed E-state index contributed by atoms with van der Waals surface area (Å²) in [6.07, 6.45) is 1.07. The van der Waals surface area contributed by atoms with Crippen LogP contribution in [0.2, 0.25) is 0 Å². The van der Waals surface area contributed by atoms with Crippen LogP contribution in [-0.4, -0.2) is 37.1 Å². The van der Waals surface area contributed by atoms with E-state index in [4.69, 9.17) is 0 Å². The minimum Gasteiger partial charge on any atom is -0.309 e. The summed E-state index contributed by atoms with van der Waals surface area (Å²) >= 11 is 0. The Balaban J connectivity index is 1.49. The number of hydrogen-bond acceptors (Lipinski definition) is 5. The van der Waals surface area contributed by atoms with E-state index in [9.17, 15) is 22.8 Å². The number of fused-ring (bicyclic) bond motifs is 1. The average Bonchev–Trinajstić information content (AvgIpc) is 3.21. The average molecular weight is 442 g/mol. The number of carbonyl (C=O) groups is 3. The zero-order valence-corrected chi connectivity index (χ0v) is 18.1. The van der Waals surface area contributed by atoms with Crippen molar-refractivity contribution in [3.8, 4) is 0 Å². The van der Waals surface area contributed by atoms with Crippen LogP contribution < -0.4 is 9.62 Å². The first kappa shape index (κ1) is 21.0. The molecule has 2 aromatic carbocycles. The molecule has 162 valence electrons. The monoisotopic (exact) mass is 441 g/mol. The second kappa shape index (κ2) is 7.81. The minimum atomic E-state index is -3.81. The fraction of sp³-hybridized carbons (Fsp3) is 0.318. The van der Waals surface area contributed by atoms with E-state index >= 15 is 0 Å². The van der Waals surface area contributed by atoms with E-state index < -0.39 is 10.0 Å². The summed E-state index contributed by atoms with van der Waals surface area (Å²) in [5.74, 6) is -0.453. The van der Waals surface area contributed by atoms with Gasteiger partial charge in [-0.2, -0.15) is 0 Å². The van der Waals surface area contributed by atoms with Gasteiger partial charge >= 0.3 is 0 Å². The number of carbonyl (C=O) groups excluding carboxylic acids is 3. The molecule has 3 amide bonds. The summed E-state index contributed by atoms with van der Waals surface area (Å²) in [6.45, 7) is 3.61. The summed E-state index contributed by atoms with van der Waals surface area (Å²) in [4.78, 5) is 38.4. The molecule has 2 heterocycles. The van der Waals surface area contributed by atoms with E-state index in [1.165, 1.54) is 17.9 Å². The summed E-state index contributed by atoms with van der Waals surface area (Å²) < 4.78 is 28.3. The van der Waals surface area contributed by atoms with Crippen LogP contribution in [0.3, 0.4) is 0 Å². The van der Waals surface area contributed by atoms with Gasteiger partial charge in [0.25, 0.3) is 10.0 Å². The Bertz CT molecular complexity index is 1160. The van der Waals surface area contributed by atoms with Crippen molar-refractivity contribution in [2.24, 2.45) is 0 Å². The predicted octanol–water partition coefficient (Wildman–Crippen LogP) is 2.43. The summed E-state index contributed by atoms with van der Waals surface area (Å²) in [5.41, 5.74) is 2.68. The Kier molecular flexibility index (Phi) is 5.30. The van der Waals surface area contributed by atoms with Crippen LogP contribution >= 0.6 is 0 Å². The number of anilines is 2. The maximum atomic E-state index is 12.9. The normalized spacial score (nSPS) is 18.5. The number of hydrogen-bond donors (Lipinski definition) is 1. The first-order valence-electron chi connectivity index (χ1n) is 10.0. The van der Waals surface area contributed by atoms with Crippen molar-refractivity contribution in [3.63, 3.8) is 0 Å². The summed E-state index contributed by atoms with van der Waals surface area (Å²) in [6, 6.07) is 11.3. The molecule has 31 heavy (non-hydrogen) atoms. The highest BCUT2D eigenvalue weighted by molar-refractivity contribution is 7.92. The minimum absolute atomic E-state index is 0.0136. The van der Waals surface area contributed by atoms with Gasteiger partial charge in [-0.3, -0.25) is 24.0 Å². The first-order chi connectivity index (χ1) is 14.7. The lowest BCUT2D eigenvalue weighted by Crippen LogP contribution is -2.33. The molecule has 8 nitrogen and oxygen atoms in total. The topological polar surface area (TPSA) is 104 Å². The van der Waals surface area contributed by atoms with E-state index in [2.05, 4.69) is 4.72 Å². The molecule has 1 N–H and O–H groups in total. The number of imide groups is 1. The molecule has 9 heteroatoms. The number of nitrogens with one attached hydrogen (secondary N) is 1. The second-order valence-electron chi connectivity index (χ2n) is 7.91. The zero-order chi connectivity index (χ0) is 22.3. The van der Waals surface area contributed by atoms with E-state index in [0.717, 1.165) is 16.8 Å².